The normalized spacial score (nSPS) is 19.9. The van der Waals surface area contributed by atoms with Gasteiger partial charge in [-0.15, -0.1) is 0 Å². The number of halogens is 1. The largest absolute Gasteiger partial charge is 0.374 e. The highest BCUT2D eigenvalue weighted by Gasteiger charge is 2.30. The van der Waals surface area contributed by atoms with Gasteiger partial charge >= 0.3 is 0 Å². The lowest BCUT2D eigenvalue weighted by molar-refractivity contribution is -0.133. The van der Waals surface area contributed by atoms with Crippen LogP contribution in [0.3, 0.4) is 0 Å². The number of pyridine rings is 1. The summed E-state index contributed by atoms with van der Waals surface area (Å²) in [5.41, 5.74) is 8.82. The smallest absolute Gasteiger partial charge is 0.253 e. The van der Waals surface area contributed by atoms with Gasteiger partial charge in [0.2, 0.25) is 11.8 Å². The highest BCUT2D eigenvalue weighted by atomic mass is 19.1. The molecule has 3 N–H and O–H groups in total. The fourth-order valence-corrected chi connectivity index (χ4v) is 10.3. The van der Waals surface area contributed by atoms with Crippen molar-refractivity contribution in [3.63, 3.8) is 0 Å². The van der Waals surface area contributed by atoms with Crippen LogP contribution < -0.4 is 15.5 Å². The van der Waals surface area contributed by atoms with Crippen LogP contribution in [0.15, 0.2) is 85.2 Å². The highest BCUT2D eigenvalue weighted by Crippen LogP contribution is 2.34. The minimum Gasteiger partial charge on any atom is -0.374 e. The predicted molar refractivity (Wildman–Crippen MR) is 243 cm³/mol. The monoisotopic (exact) mass is 850 g/mol. The molecule has 14 heteroatoms. The highest BCUT2D eigenvalue weighted by molar-refractivity contribution is 6.01. The zero-order chi connectivity index (χ0) is 43.0. The number of piperazine rings is 1. The Morgan fingerprint density at radius 3 is 2.40 bits per heavy atom. The minimum atomic E-state index is -0.548. The summed E-state index contributed by atoms with van der Waals surface area (Å²) < 4.78 is 17.5. The van der Waals surface area contributed by atoms with E-state index in [4.69, 9.17) is 4.98 Å². The molecule has 13 nitrogen and oxygen atoms in total. The van der Waals surface area contributed by atoms with Gasteiger partial charge in [-0.2, -0.15) is 5.10 Å². The molecular weight excluding hydrogens is 796 g/mol. The van der Waals surface area contributed by atoms with Gasteiger partial charge in [0.25, 0.3) is 5.91 Å². The first-order valence-corrected chi connectivity index (χ1v) is 22.6. The number of carbonyl (C=O) groups excluding carboxylic acids is 3. The maximum atomic E-state index is 15.2. The number of nitrogens with zero attached hydrogens (tertiary/aromatic N) is 7. The van der Waals surface area contributed by atoms with Crippen LogP contribution in [0.25, 0.3) is 33.1 Å². The van der Waals surface area contributed by atoms with Crippen LogP contribution in [-0.2, 0) is 23.2 Å². The van der Waals surface area contributed by atoms with E-state index in [9.17, 15) is 14.4 Å². The first kappa shape index (κ1) is 40.9. The standard InChI is InChI=1S/C49H55FN10O3/c1-56-39(28-41-40(12-17-51-47(41)56)36-6-8-43-37(26-36)29-52-55-43)31-57-18-15-34(16-19-57)33-2-4-35(5-3-33)49(63)60-20-13-32(14-21-60)30-58-22-24-59(25-23-58)45-10-7-38(27-42(45)50)53-44-9-11-46(61)54-48(44)62/h2-8,10,12,17,26-29,32,34,44,53H,9,11,13-16,18-25,30-31H2,1H3,(H,52,55)(H,54,61,62)/t44-/m0/s1. The number of imide groups is 1. The lowest BCUT2D eigenvalue weighted by Gasteiger charge is -2.39. The van der Waals surface area contributed by atoms with E-state index in [0.29, 0.717) is 29.6 Å². The maximum Gasteiger partial charge on any atom is 0.253 e. The third kappa shape index (κ3) is 8.66. The van der Waals surface area contributed by atoms with E-state index in [1.807, 2.05) is 29.4 Å². The Hall–Kier alpha value is -6.12. The predicted octanol–water partition coefficient (Wildman–Crippen LogP) is 6.53. The van der Waals surface area contributed by atoms with Crippen molar-refractivity contribution < 1.29 is 18.8 Å². The van der Waals surface area contributed by atoms with Gasteiger partial charge < -0.3 is 19.7 Å². The number of hydrogen-bond acceptors (Lipinski definition) is 9. The average Bonchev–Trinajstić information content (AvgIpc) is 3.91. The van der Waals surface area contributed by atoms with Crippen molar-refractivity contribution in [2.75, 3.05) is 69.1 Å². The third-order valence-corrected chi connectivity index (χ3v) is 14.0. The summed E-state index contributed by atoms with van der Waals surface area (Å²) in [4.78, 5) is 51.1. The van der Waals surface area contributed by atoms with Gasteiger partial charge in [0.05, 0.1) is 17.4 Å². The number of aromatic amines is 1. The number of carbonyl (C=O) groups is 3. The Bertz CT molecular complexity index is 2640. The summed E-state index contributed by atoms with van der Waals surface area (Å²) in [6.45, 7) is 8.64. The Morgan fingerprint density at radius 2 is 1.63 bits per heavy atom. The van der Waals surface area contributed by atoms with Gasteiger partial charge in [0, 0.05) is 99.7 Å². The number of benzene rings is 3. The van der Waals surface area contributed by atoms with Crippen LogP contribution >= 0.6 is 0 Å². The quantitative estimate of drug-likeness (QED) is 0.132. The molecule has 0 bridgehead atoms. The van der Waals surface area contributed by atoms with Crippen molar-refractivity contribution in [1.29, 1.82) is 0 Å². The number of aromatic nitrogens is 4. The van der Waals surface area contributed by atoms with Gasteiger partial charge in [-0.05, 0) is 128 Å². The molecule has 0 saturated carbocycles. The lowest BCUT2D eigenvalue weighted by atomic mass is 9.88. The summed E-state index contributed by atoms with van der Waals surface area (Å²) in [7, 11) is 2.12. The van der Waals surface area contributed by atoms with E-state index >= 15 is 4.39 Å². The molecule has 0 spiro atoms. The van der Waals surface area contributed by atoms with E-state index in [0.717, 1.165) is 119 Å². The molecule has 3 aromatic heterocycles. The first-order chi connectivity index (χ1) is 30.7. The molecule has 3 amide bonds. The average molecular weight is 851 g/mol. The summed E-state index contributed by atoms with van der Waals surface area (Å²) >= 11 is 0. The number of rotatable bonds is 10. The van der Waals surface area contributed by atoms with Crippen molar-refractivity contribution in [3.05, 3.63) is 108 Å². The Labute approximate surface area is 366 Å². The summed E-state index contributed by atoms with van der Waals surface area (Å²) in [6, 6.07) is 23.7. The zero-order valence-corrected chi connectivity index (χ0v) is 35.9. The number of fused-ring (bicyclic) bond motifs is 2. The molecule has 6 aromatic rings. The topological polar surface area (TPSA) is 135 Å². The molecule has 4 fully saturated rings. The second-order valence-corrected chi connectivity index (χ2v) is 18.0. The van der Waals surface area contributed by atoms with Crippen LogP contribution in [0, 0.1) is 11.7 Å². The fraction of sp³-hybridized carbons (Fsp3) is 0.408. The molecule has 63 heavy (non-hydrogen) atoms. The lowest BCUT2D eigenvalue weighted by Crippen LogP contribution is -2.49. The van der Waals surface area contributed by atoms with Crippen LogP contribution in [0.1, 0.15) is 66.1 Å². The number of nitrogens with one attached hydrogen (secondary N) is 3. The number of aryl methyl sites for hydroxylation is 1. The molecule has 0 aliphatic carbocycles. The Balaban J connectivity index is 0.664. The van der Waals surface area contributed by atoms with Crippen molar-refractivity contribution in [1.82, 2.24) is 39.8 Å². The number of likely N-dealkylation sites (tertiary alicyclic amines) is 2. The van der Waals surface area contributed by atoms with E-state index in [2.05, 4.69) is 89.6 Å². The molecule has 4 saturated heterocycles. The first-order valence-electron chi connectivity index (χ1n) is 22.6. The summed E-state index contributed by atoms with van der Waals surface area (Å²) in [5, 5.41) is 14.9. The second kappa shape index (κ2) is 17.6. The molecule has 1 atom stereocenters. The molecule has 7 heterocycles. The maximum absolute atomic E-state index is 15.2. The Morgan fingerprint density at radius 1 is 0.841 bits per heavy atom. The summed E-state index contributed by atoms with van der Waals surface area (Å²) in [5.74, 6) is 0.162. The van der Waals surface area contributed by atoms with E-state index in [-0.39, 0.29) is 30.0 Å². The van der Waals surface area contributed by atoms with Crippen LogP contribution in [0.4, 0.5) is 15.8 Å². The molecule has 3 aromatic carbocycles. The van der Waals surface area contributed by atoms with Crippen molar-refractivity contribution >= 4 is 51.0 Å². The number of H-pyrrole nitrogens is 1. The number of anilines is 2. The number of hydrogen-bond donors (Lipinski definition) is 3. The molecule has 10 rings (SSSR count). The second-order valence-electron chi connectivity index (χ2n) is 18.0. The number of piperidine rings is 3. The zero-order valence-electron chi connectivity index (χ0n) is 35.9. The molecular formula is C49H55FN10O3. The van der Waals surface area contributed by atoms with Gasteiger partial charge in [0.1, 0.15) is 17.5 Å². The Kier molecular flexibility index (Phi) is 11.4. The van der Waals surface area contributed by atoms with E-state index in [1.54, 1.807) is 12.1 Å². The summed E-state index contributed by atoms with van der Waals surface area (Å²) in [6.07, 6.45) is 8.58. The van der Waals surface area contributed by atoms with Crippen molar-refractivity contribution in [3.8, 4) is 11.1 Å². The van der Waals surface area contributed by atoms with Crippen LogP contribution in [0.5, 0.6) is 0 Å². The van der Waals surface area contributed by atoms with Crippen LogP contribution in [0.2, 0.25) is 0 Å². The van der Waals surface area contributed by atoms with Gasteiger partial charge in [-0.3, -0.25) is 34.6 Å². The third-order valence-electron chi connectivity index (χ3n) is 14.0. The SMILES string of the molecule is Cn1c(CN2CCC(c3ccc(C(=O)N4CCC(CN5CCN(c6ccc(N[C@H]7CCC(=O)NC7=O)cc6F)CC5)CC4)cc3)CC2)cc2c(-c3ccc4[nH]ncc4c3)ccnc21. The molecule has 0 unspecified atom stereocenters. The van der Waals surface area contributed by atoms with Gasteiger partial charge in [-0.25, -0.2) is 9.37 Å². The van der Waals surface area contributed by atoms with E-state index < -0.39 is 6.04 Å². The van der Waals surface area contributed by atoms with Crippen LogP contribution in [-0.4, -0.2) is 117 Å². The minimum absolute atomic E-state index is 0.124. The fourth-order valence-electron chi connectivity index (χ4n) is 10.3. The van der Waals surface area contributed by atoms with Gasteiger partial charge in [-0.1, -0.05) is 18.2 Å². The van der Waals surface area contributed by atoms with Crippen molar-refractivity contribution in [2.24, 2.45) is 13.0 Å². The molecule has 4 aliphatic rings. The number of amides is 3. The molecule has 4 aliphatic heterocycles. The van der Waals surface area contributed by atoms with Crippen molar-refractivity contribution in [2.45, 2.75) is 57.0 Å². The van der Waals surface area contributed by atoms with E-state index in [1.165, 1.54) is 28.3 Å². The van der Waals surface area contributed by atoms with Gasteiger partial charge in [0.15, 0.2) is 0 Å². The molecule has 0 radical (unpaired) electrons. The molecule has 326 valence electrons.